The van der Waals surface area contributed by atoms with Crippen molar-refractivity contribution in [3.8, 4) is 5.69 Å². The Morgan fingerprint density at radius 1 is 1.28 bits per heavy atom. The molecule has 0 saturated carbocycles. The van der Waals surface area contributed by atoms with E-state index in [4.69, 9.17) is 11.6 Å². The molecule has 0 unspecified atom stereocenters. The van der Waals surface area contributed by atoms with E-state index in [0.29, 0.717) is 5.92 Å². The first-order valence-corrected chi connectivity index (χ1v) is 8.87. The Labute approximate surface area is 150 Å². The molecule has 3 nitrogen and oxygen atoms in total. The van der Waals surface area contributed by atoms with Crippen molar-refractivity contribution in [1.29, 1.82) is 0 Å². The van der Waals surface area contributed by atoms with E-state index in [1.165, 1.54) is 6.07 Å². The van der Waals surface area contributed by atoms with E-state index >= 15 is 0 Å². The molecule has 1 N–H and O–H groups in total. The van der Waals surface area contributed by atoms with Crippen molar-refractivity contribution in [1.82, 2.24) is 9.78 Å². The van der Waals surface area contributed by atoms with Gasteiger partial charge in [-0.05, 0) is 49.8 Å². The molecule has 0 bridgehead atoms. The second-order valence-corrected chi connectivity index (χ2v) is 7.24. The smallest absolute Gasteiger partial charge is 0.370 e. The van der Waals surface area contributed by atoms with Gasteiger partial charge in [-0.3, -0.25) is 0 Å². The van der Waals surface area contributed by atoms with E-state index in [1.54, 1.807) is 4.68 Å². The Balaban J connectivity index is 2.15. The number of hydrogen-bond donors (Lipinski definition) is 1. The van der Waals surface area contributed by atoms with Crippen LogP contribution < -0.4 is 5.32 Å². The molecule has 0 aliphatic carbocycles. The molecule has 1 aromatic carbocycles. The summed E-state index contributed by atoms with van der Waals surface area (Å²) in [6, 6.07) is 3.35. The molecule has 2 aromatic rings. The summed E-state index contributed by atoms with van der Waals surface area (Å²) in [5, 5.41) is 8.21. The molecule has 7 heteroatoms. The molecule has 1 aromatic heterocycles. The highest BCUT2D eigenvalue weighted by molar-refractivity contribution is 6.32. The molecule has 0 saturated heterocycles. The van der Waals surface area contributed by atoms with Crippen molar-refractivity contribution in [3.63, 3.8) is 0 Å². The third-order valence-electron chi connectivity index (χ3n) is 4.32. The fraction of sp³-hybridized carbons (Fsp3) is 0.500. The van der Waals surface area contributed by atoms with E-state index in [2.05, 4.69) is 24.3 Å². The van der Waals surface area contributed by atoms with Crippen LogP contribution in [0, 0.1) is 5.92 Å². The minimum atomic E-state index is -4.42. The first-order valence-electron chi connectivity index (χ1n) is 8.49. The Morgan fingerprint density at radius 3 is 2.72 bits per heavy atom. The van der Waals surface area contributed by atoms with Gasteiger partial charge in [0.25, 0.3) is 0 Å². The van der Waals surface area contributed by atoms with E-state index in [9.17, 15) is 13.2 Å². The second kappa shape index (κ2) is 6.90. The molecule has 0 radical (unpaired) electrons. The normalized spacial score (nSPS) is 15.0. The van der Waals surface area contributed by atoms with Gasteiger partial charge in [-0.15, -0.1) is 0 Å². The molecular weight excluding hydrogens is 351 g/mol. The van der Waals surface area contributed by atoms with Gasteiger partial charge in [0.15, 0.2) is 0 Å². The van der Waals surface area contributed by atoms with Crippen molar-refractivity contribution in [2.45, 2.75) is 45.7 Å². The molecule has 0 fully saturated rings. The summed E-state index contributed by atoms with van der Waals surface area (Å²) in [5.41, 5.74) is 1.57. The van der Waals surface area contributed by atoms with Crippen LogP contribution in [0.1, 0.15) is 43.5 Å². The molecule has 25 heavy (non-hydrogen) atoms. The Kier molecular flexibility index (Phi) is 5.00. The van der Waals surface area contributed by atoms with Gasteiger partial charge >= 0.3 is 6.18 Å². The topological polar surface area (TPSA) is 29.9 Å². The summed E-state index contributed by atoms with van der Waals surface area (Å²) in [4.78, 5) is 0. The monoisotopic (exact) mass is 371 g/mol. The number of benzene rings is 1. The summed E-state index contributed by atoms with van der Waals surface area (Å²) >= 11 is 6.22. The fourth-order valence-corrected chi connectivity index (χ4v) is 3.35. The van der Waals surface area contributed by atoms with Crippen LogP contribution in [0.5, 0.6) is 0 Å². The van der Waals surface area contributed by atoms with Crippen LogP contribution in [0.15, 0.2) is 18.2 Å². The molecule has 3 rings (SSSR count). The first-order chi connectivity index (χ1) is 11.8. The Hall–Kier alpha value is -1.69. The zero-order valence-electron chi connectivity index (χ0n) is 14.3. The molecule has 2 heterocycles. The van der Waals surface area contributed by atoms with E-state index in [1.807, 2.05) is 0 Å². The van der Waals surface area contributed by atoms with Crippen LogP contribution >= 0.6 is 11.6 Å². The lowest BCUT2D eigenvalue weighted by atomic mass is 10.0. The van der Waals surface area contributed by atoms with Crippen molar-refractivity contribution >= 4 is 17.4 Å². The van der Waals surface area contributed by atoms with Gasteiger partial charge in [-0.1, -0.05) is 25.4 Å². The average molecular weight is 372 g/mol. The van der Waals surface area contributed by atoms with Crippen LogP contribution in [0.25, 0.3) is 5.69 Å². The summed E-state index contributed by atoms with van der Waals surface area (Å²) in [6.07, 6.45) is -0.703. The number of aromatic nitrogens is 2. The van der Waals surface area contributed by atoms with E-state index in [-0.39, 0.29) is 10.7 Å². The summed E-state index contributed by atoms with van der Waals surface area (Å²) in [6.45, 7) is 4.98. The quantitative estimate of drug-likeness (QED) is 0.773. The van der Waals surface area contributed by atoms with Gasteiger partial charge in [0.2, 0.25) is 0 Å². The molecule has 0 amide bonds. The minimum absolute atomic E-state index is 0.250. The van der Waals surface area contributed by atoms with Gasteiger partial charge in [0.1, 0.15) is 5.82 Å². The fourth-order valence-electron chi connectivity index (χ4n) is 3.15. The van der Waals surface area contributed by atoms with Gasteiger partial charge in [-0.25, -0.2) is 4.68 Å². The van der Waals surface area contributed by atoms with Gasteiger partial charge in [-0.2, -0.15) is 18.3 Å². The zero-order valence-corrected chi connectivity index (χ0v) is 15.0. The number of anilines is 1. The number of hydrogen-bond acceptors (Lipinski definition) is 2. The standard InChI is InChI=1S/C18H21ClF3N3/c1-11(2)9-15-13-5-3-4-8-23-17(13)25(24-15)16-10-12(18(20,21)22)6-7-14(16)19/h6-7,10-11,23H,3-5,8-9H2,1-2H3. The largest absolute Gasteiger partial charge is 0.416 e. The van der Waals surface area contributed by atoms with Crippen LogP contribution in [0.4, 0.5) is 19.0 Å². The maximum Gasteiger partial charge on any atom is 0.416 e. The number of fused-ring (bicyclic) bond motifs is 1. The number of halogens is 4. The first kappa shape index (κ1) is 18.1. The SMILES string of the molecule is CC(C)Cc1nn(-c2cc(C(F)(F)F)ccc2Cl)c2c1CCCCN2. The second-order valence-electron chi connectivity index (χ2n) is 6.83. The number of nitrogens with zero attached hydrogens (tertiary/aromatic N) is 2. The third-order valence-corrected chi connectivity index (χ3v) is 4.64. The lowest BCUT2D eigenvalue weighted by molar-refractivity contribution is -0.137. The molecule has 136 valence electrons. The predicted octanol–water partition coefficient (Wildman–Crippen LogP) is 5.49. The predicted molar refractivity (Wildman–Crippen MR) is 93.5 cm³/mol. The lowest BCUT2D eigenvalue weighted by Crippen LogP contribution is -2.10. The van der Waals surface area contributed by atoms with E-state index < -0.39 is 11.7 Å². The highest BCUT2D eigenvalue weighted by Gasteiger charge is 2.32. The van der Waals surface area contributed by atoms with Crippen molar-refractivity contribution < 1.29 is 13.2 Å². The zero-order chi connectivity index (χ0) is 18.2. The lowest BCUT2D eigenvalue weighted by Gasteiger charge is -2.13. The molecule has 0 atom stereocenters. The maximum atomic E-state index is 13.1. The van der Waals surface area contributed by atoms with Crippen molar-refractivity contribution in [2.75, 3.05) is 11.9 Å². The summed E-state index contributed by atoms with van der Waals surface area (Å²) in [5.74, 6) is 1.18. The molecule has 1 aliphatic heterocycles. The van der Waals surface area contributed by atoms with Crippen LogP contribution in [-0.2, 0) is 19.0 Å². The summed E-state index contributed by atoms with van der Waals surface area (Å²) < 4.78 is 40.9. The average Bonchev–Trinajstić information content (AvgIpc) is 2.70. The number of alkyl halides is 3. The van der Waals surface area contributed by atoms with Gasteiger partial charge in [0, 0.05) is 12.1 Å². The molecule has 1 aliphatic rings. The van der Waals surface area contributed by atoms with Gasteiger partial charge < -0.3 is 5.32 Å². The van der Waals surface area contributed by atoms with E-state index in [0.717, 1.165) is 61.4 Å². The van der Waals surface area contributed by atoms with Crippen molar-refractivity contribution in [3.05, 3.63) is 40.0 Å². The third kappa shape index (κ3) is 3.78. The van der Waals surface area contributed by atoms with Crippen molar-refractivity contribution in [2.24, 2.45) is 5.92 Å². The van der Waals surface area contributed by atoms with Crippen LogP contribution in [-0.4, -0.2) is 16.3 Å². The molecular formula is C18H21ClF3N3. The summed E-state index contributed by atoms with van der Waals surface area (Å²) in [7, 11) is 0. The Bertz CT molecular complexity index is 766. The number of nitrogens with one attached hydrogen (secondary N) is 1. The van der Waals surface area contributed by atoms with Gasteiger partial charge in [0.05, 0.1) is 22.0 Å². The Morgan fingerprint density at radius 2 is 2.04 bits per heavy atom. The highest BCUT2D eigenvalue weighted by Crippen LogP contribution is 2.36. The van der Waals surface area contributed by atoms with Crippen LogP contribution in [0.2, 0.25) is 5.02 Å². The van der Waals surface area contributed by atoms with Crippen LogP contribution in [0.3, 0.4) is 0 Å². The molecule has 0 spiro atoms. The highest BCUT2D eigenvalue weighted by atomic mass is 35.5. The minimum Gasteiger partial charge on any atom is -0.370 e. The maximum absolute atomic E-state index is 13.1. The number of rotatable bonds is 3.